The highest BCUT2D eigenvalue weighted by Crippen LogP contribution is 2.08. The number of likely N-dealkylation sites (N-methyl/N-ethyl adjacent to an activating group) is 1. The Morgan fingerprint density at radius 2 is 2.06 bits per heavy atom. The summed E-state index contributed by atoms with van der Waals surface area (Å²) in [5, 5.41) is 0. The van der Waals surface area contributed by atoms with Crippen LogP contribution < -0.4 is 5.73 Å². The fourth-order valence-electron chi connectivity index (χ4n) is 1.71. The maximum Gasteiger partial charge on any atom is 0.239 e. The van der Waals surface area contributed by atoms with Crippen molar-refractivity contribution in [1.82, 2.24) is 9.88 Å². The number of pyridine rings is 1. The summed E-state index contributed by atoms with van der Waals surface area (Å²) in [5.41, 5.74) is 7.12. The third-order valence-electron chi connectivity index (χ3n) is 3.40. The van der Waals surface area contributed by atoms with Crippen LogP contribution in [-0.2, 0) is 11.2 Å². The van der Waals surface area contributed by atoms with E-state index in [0.717, 1.165) is 12.8 Å². The lowest BCUT2D eigenvalue weighted by atomic mass is 9.99. The lowest BCUT2D eigenvalue weighted by Gasteiger charge is -2.24. The van der Waals surface area contributed by atoms with Gasteiger partial charge >= 0.3 is 0 Å². The van der Waals surface area contributed by atoms with Gasteiger partial charge in [0.1, 0.15) is 0 Å². The summed E-state index contributed by atoms with van der Waals surface area (Å²) in [5.74, 6) is 0.249. The number of carbonyl (C=O) groups is 1. The molecule has 0 saturated carbocycles. The van der Waals surface area contributed by atoms with Gasteiger partial charge in [0.25, 0.3) is 0 Å². The molecular formula is C14H23N3O. The molecule has 0 saturated heterocycles. The fourth-order valence-corrected chi connectivity index (χ4v) is 1.71. The van der Waals surface area contributed by atoms with Gasteiger partial charge < -0.3 is 10.6 Å². The number of rotatable bonds is 6. The molecule has 18 heavy (non-hydrogen) atoms. The van der Waals surface area contributed by atoms with E-state index in [1.807, 2.05) is 26.1 Å². The summed E-state index contributed by atoms with van der Waals surface area (Å²) in [6.07, 6.45) is 5.28. The highest BCUT2D eigenvalue weighted by atomic mass is 16.2. The molecule has 1 aromatic rings. The third-order valence-corrected chi connectivity index (χ3v) is 3.40. The molecule has 0 aliphatic carbocycles. The van der Waals surface area contributed by atoms with Crippen LogP contribution in [0.25, 0.3) is 0 Å². The van der Waals surface area contributed by atoms with Crippen LogP contribution >= 0.6 is 0 Å². The molecule has 0 aliphatic rings. The predicted molar refractivity (Wildman–Crippen MR) is 73.0 cm³/mol. The van der Waals surface area contributed by atoms with E-state index < -0.39 is 6.04 Å². The molecule has 0 spiro atoms. The van der Waals surface area contributed by atoms with Gasteiger partial charge in [-0.1, -0.05) is 20.3 Å². The lowest BCUT2D eigenvalue weighted by molar-refractivity contribution is -0.132. The second-order valence-corrected chi connectivity index (χ2v) is 4.78. The average molecular weight is 249 g/mol. The number of nitrogens with zero attached hydrogens (tertiary/aromatic N) is 2. The molecule has 0 radical (unpaired) electrons. The van der Waals surface area contributed by atoms with Gasteiger partial charge in [-0.25, -0.2) is 0 Å². The number of carbonyl (C=O) groups excluding carboxylic acids is 1. The summed E-state index contributed by atoms with van der Waals surface area (Å²) >= 11 is 0. The molecule has 0 bridgehead atoms. The van der Waals surface area contributed by atoms with Gasteiger partial charge in [-0.3, -0.25) is 9.78 Å². The summed E-state index contributed by atoms with van der Waals surface area (Å²) in [6, 6.07) is 3.54. The smallest absolute Gasteiger partial charge is 0.239 e. The number of hydrogen-bond acceptors (Lipinski definition) is 3. The van der Waals surface area contributed by atoms with E-state index in [1.165, 1.54) is 5.56 Å². The van der Waals surface area contributed by atoms with Crippen LogP contribution in [0.15, 0.2) is 24.5 Å². The topological polar surface area (TPSA) is 59.2 Å². The second-order valence-electron chi connectivity index (χ2n) is 4.78. The van der Waals surface area contributed by atoms with E-state index >= 15 is 0 Å². The van der Waals surface area contributed by atoms with Gasteiger partial charge in [-0.15, -0.1) is 0 Å². The van der Waals surface area contributed by atoms with Crippen LogP contribution in [0.4, 0.5) is 0 Å². The molecular weight excluding hydrogens is 226 g/mol. The molecule has 4 nitrogen and oxygen atoms in total. The summed E-state index contributed by atoms with van der Waals surface area (Å²) in [4.78, 5) is 17.7. The summed E-state index contributed by atoms with van der Waals surface area (Å²) in [6.45, 7) is 4.75. The zero-order valence-corrected chi connectivity index (χ0v) is 11.5. The molecule has 0 aromatic carbocycles. The van der Waals surface area contributed by atoms with Crippen molar-refractivity contribution in [2.45, 2.75) is 32.7 Å². The standard InChI is InChI=1S/C14H23N3O/c1-4-11(2)13(15)14(18)17(3)10-7-12-5-8-16-9-6-12/h5-6,8-9,11,13H,4,7,10,15H2,1-3H3/t11-,13-/m0/s1. The van der Waals surface area contributed by atoms with E-state index in [0.29, 0.717) is 6.54 Å². The first kappa shape index (κ1) is 14.6. The molecule has 4 heteroatoms. The molecule has 0 unspecified atom stereocenters. The number of nitrogens with two attached hydrogens (primary N) is 1. The maximum absolute atomic E-state index is 12.1. The van der Waals surface area contributed by atoms with Gasteiger partial charge in [0.15, 0.2) is 0 Å². The Kier molecular flexibility index (Phi) is 5.78. The minimum absolute atomic E-state index is 0.0263. The Bertz CT molecular complexity index is 367. The van der Waals surface area contributed by atoms with E-state index in [9.17, 15) is 4.79 Å². The van der Waals surface area contributed by atoms with Crippen molar-refractivity contribution < 1.29 is 4.79 Å². The maximum atomic E-state index is 12.1. The first-order valence-corrected chi connectivity index (χ1v) is 6.45. The predicted octanol–water partition coefficient (Wildman–Crippen LogP) is 1.46. The number of hydrogen-bond donors (Lipinski definition) is 1. The molecule has 0 aliphatic heterocycles. The van der Waals surface area contributed by atoms with Crippen molar-refractivity contribution in [1.29, 1.82) is 0 Å². The quantitative estimate of drug-likeness (QED) is 0.830. The van der Waals surface area contributed by atoms with Crippen LogP contribution in [0.2, 0.25) is 0 Å². The zero-order valence-electron chi connectivity index (χ0n) is 11.5. The first-order chi connectivity index (χ1) is 8.56. The van der Waals surface area contributed by atoms with Crippen molar-refractivity contribution in [3.8, 4) is 0 Å². The Morgan fingerprint density at radius 3 is 2.61 bits per heavy atom. The van der Waals surface area contributed by atoms with E-state index in [4.69, 9.17) is 5.73 Å². The van der Waals surface area contributed by atoms with E-state index in [2.05, 4.69) is 11.9 Å². The van der Waals surface area contributed by atoms with Gasteiger partial charge in [0.2, 0.25) is 5.91 Å². The first-order valence-electron chi connectivity index (χ1n) is 6.45. The van der Waals surface area contributed by atoms with Crippen LogP contribution in [0, 0.1) is 5.92 Å². The molecule has 1 aromatic heterocycles. The van der Waals surface area contributed by atoms with Gasteiger partial charge in [-0.2, -0.15) is 0 Å². The fraction of sp³-hybridized carbons (Fsp3) is 0.571. The largest absolute Gasteiger partial charge is 0.344 e. The van der Waals surface area contributed by atoms with Gasteiger partial charge in [0.05, 0.1) is 6.04 Å². The van der Waals surface area contributed by atoms with Gasteiger partial charge in [-0.05, 0) is 30.0 Å². The van der Waals surface area contributed by atoms with E-state index in [1.54, 1.807) is 17.3 Å². The van der Waals surface area contributed by atoms with Crippen LogP contribution in [0.1, 0.15) is 25.8 Å². The third kappa shape index (κ3) is 4.11. The molecule has 1 rings (SSSR count). The molecule has 2 N–H and O–H groups in total. The zero-order chi connectivity index (χ0) is 13.5. The van der Waals surface area contributed by atoms with Crippen molar-refractivity contribution in [2.24, 2.45) is 11.7 Å². The monoisotopic (exact) mass is 249 g/mol. The Hall–Kier alpha value is -1.42. The Balaban J connectivity index is 2.45. The van der Waals surface area contributed by atoms with Crippen LogP contribution in [0.3, 0.4) is 0 Å². The Morgan fingerprint density at radius 1 is 1.44 bits per heavy atom. The molecule has 0 fully saturated rings. The second kappa shape index (κ2) is 7.11. The van der Waals surface area contributed by atoms with Gasteiger partial charge in [0, 0.05) is 26.0 Å². The highest BCUT2D eigenvalue weighted by Gasteiger charge is 2.22. The summed E-state index contributed by atoms with van der Waals surface area (Å²) < 4.78 is 0. The lowest BCUT2D eigenvalue weighted by Crippen LogP contribution is -2.46. The van der Waals surface area contributed by atoms with Crippen LogP contribution in [-0.4, -0.2) is 35.4 Å². The van der Waals surface area contributed by atoms with Crippen molar-refractivity contribution in [3.63, 3.8) is 0 Å². The molecule has 100 valence electrons. The SMILES string of the molecule is CC[C@H](C)[C@H](N)C(=O)N(C)CCc1ccncc1. The van der Waals surface area contributed by atoms with Crippen molar-refractivity contribution in [2.75, 3.05) is 13.6 Å². The Labute approximate surface area is 109 Å². The summed E-state index contributed by atoms with van der Waals surface area (Å²) in [7, 11) is 1.81. The minimum Gasteiger partial charge on any atom is -0.344 e. The van der Waals surface area contributed by atoms with Crippen molar-refractivity contribution >= 4 is 5.91 Å². The molecule has 2 atom stereocenters. The number of aromatic nitrogens is 1. The minimum atomic E-state index is -0.391. The number of amides is 1. The van der Waals surface area contributed by atoms with E-state index in [-0.39, 0.29) is 11.8 Å². The molecule has 1 amide bonds. The normalized spacial score (nSPS) is 14.0. The van der Waals surface area contributed by atoms with Crippen molar-refractivity contribution in [3.05, 3.63) is 30.1 Å². The van der Waals surface area contributed by atoms with Crippen LogP contribution in [0.5, 0.6) is 0 Å². The molecule has 1 heterocycles. The average Bonchev–Trinajstić information content (AvgIpc) is 2.43. The highest BCUT2D eigenvalue weighted by molar-refractivity contribution is 5.81.